The molecule has 0 saturated carbocycles. The van der Waals surface area contributed by atoms with Crippen molar-refractivity contribution in [1.82, 2.24) is 20.5 Å². The molecule has 0 radical (unpaired) electrons. The van der Waals surface area contributed by atoms with Gasteiger partial charge in [0.1, 0.15) is 0 Å². The van der Waals surface area contributed by atoms with Crippen molar-refractivity contribution in [3.05, 3.63) is 46.2 Å². The van der Waals surface area contributed by atoms with Crippen molar-refractivity contribution >= 4 is 21.8 Å². The number of halogens is 1. The zero-order chi connectivity index (χ0) is 15.1. The maximum absolute atomic E-state index is 10.9. The number of hydrogen-bond acceptors (Lipinski definition) is 4. The average Bonchev–Trinajstić information content (AvgIpc) is 2.91. The van der Waals surface area contributed by atoms with E-state index in [1.807, 2.05) is 24.4 Å². The number of carbonyl (C=O) groups is 1. The number of rotatable bonds is 7. The van der Waals surface area contributed by atoms with Gasteiger partial charge in [0.25, 0.3) is 0 Å². The van der Waals surface area contributed by atoms with Crippen LogP contribution in [-0.2, 0) is 17.8 Å². The lowest BCUT2D eigenvalue weighted by molar-refractivity contribution is -0.129. The zero-order valence-corrected chi connectivity index (χ0v) is 13.1. The normalized spacial score (nSPS) is 10.6. The van der Waals surface area contributed by atoms with Crippen molar-refractivity contribution in [2.45, 2.75) is 32.2 Å². The van der Waals surface area contributed by atoms with Crippen LogP contribution in [0.1, 0.15) is 30.5 Å². The molecular formula is C14H17BrN4O2. The van der Waals surface area contributed by atoms with Gasteiger partial charge in [0.05, 0.1) is 12.2 Å². The molecule has 0 aliphatic heterocycles. The number of nitrogens with zero attached hydrogens (tertiary/aromatic N) is 3. The number of amides is 1. The van der Waals surface area contributed by atoms with Crippen LogP contribution in [0.15, 0.2) is 34.9 Å². The van der Waals surface area contributed by atoms with E-state index in [4.69, 9.17) is 5.21 Å². The molecule has 0 bridgehead atoms. The molecule has 7 heteroatoms. The molecule has 0 saturated heterocycles. The van der Waals surface area contributed by atoms with E-state index in [2.05, 4.69) is 32.3 Å². The van der Waals surface area contributed by atoms with Crippen LogP contribution in [-0.4, -0.2) is 26.1 Å². The molecule has 2 aromatic rings. The SMILES string of the molecule is O=C(CCCCc1cn(Cc2cccc(Br)c2)nn1)NO. The van der Waals surface area contributed by atoms with Gasteiger partial charge in [-0.05, 0) is 37.0 Å². The number of nitrogens with one attached hydrogen (secondary N) is 1. The highest BCUT2D eigenvalue weighted by atomic mass is 79.9. The number of aromatic nitrogens is 3. The summed E-state index contributed by atoms with van der Waals surface area (Å²) in [6.07, 6.45) is 4.57. The van der Waals surface area contributed by atoms with Crippen LogP contribution < -0.4 is 5.48 Å². The third-order valence-electron chi connectivity index (χ3n) is 3.03. The lowest BCUT2D eigenvalue weighted by Crippen LogP contribution is -2.17. The maximum Gasteiger partial charge on any atom is 0.243 e. The molecule has 2 N–H and O–H groups in total. The van der Waals surface area contributed by atoms with Crippen molar-refractivity contribution in [2.24, 2.45) is 0 Å². The zero-order valence-electron chi connectivity index (χ0n) is 11.5. The summed E-state index contributed by atoms with van der Waals surface area (Å²) in [5.41, 5.74) is 3.69. The highest BCUT2D eigenvalue weighted by Gasteiger charge is 2.04. The summed E-state index contributed by atoms with van der Waals surface area (Å²) in [5, 5.41) is 16.6. The second kappa shape index (κ2) is 7.90. The van der Waals surface area contributed by atoms with Gasteiger partial charge in [-0.3, -0.25) is 10.0 Å². The summed E-state index contributed by atoms with van der Waals surface area (Å²) in [6.45, 7) is 0.680. The number of hydrogen-bond donors (Lipinski definition) is 2. The third kappa shape index (κ3) is 5.28. The van der Waals surface area contributed by atoms with Crippen molar-refractivity contribution in [1.29, 1.82) is 0 Å². The quantitative estimate of drug-likeness (QED) is 0.455. The predicted octanol–water partition coefficient (Wildman–Crippen LogP) is 2.31. The van der Waals surface area contributed by atoms with E-state index in [1.165, 1.54) is 0 Å². The van der Waals surface area contributed by atoms with Gasteiger partial charge in [0.2, 0.25) is 5.91 Å². The van der Waals surface area contributed by atoms with Gasteiger partial charge in [0.15, 0.2) is 0 Å². The molecular weight excluding hydrogens is 336 g/mol. The smallest absolute Gasteiger partial charge is 0.243 e. The summed E-state index contributed by atoms with van der Waals surface area (Å²) >= 11 is 3.44. The first-order valence-corrected chi connectivity index (χ1v) is 7.53. The summed E-state index contributed by atoms with van der Waals surface area (Å²) in [4.78, 5) is 10.9. The van der Waals surface area contributed by atoms with Gasteiger partial charge < -0.3 is 0 Å². The largest absolute Gasteiger partial charge is 0.289 e. The van der Waals surface area contributed by atoms with Crippen LogP contribution in [0.5, 0.6) is 0 Å². The van der Waals surface area contributed by atoms with Crippen LogP contribution in [0.3, 0.4) is 0 Å². The minimum absolute atomic E-state index is 0.322. The van der Waals surface area contributed by atoms with Crippen LogP contribution in [0.4, 0.5) is 0 Å². The van der Waals surface area contributed by atoms with Gasteiger partial charge >= 0.3 is 0 Å². The Morgan fingerprint density at radius 1 is 1.38 bits per heavy atom. The number of hydroxylamine groups is 1. The topological polar surface area (TPSA) is 80.0 Å². The molecule has 21 heavy (non-hydrogen) atoms. The van der Waals surface area contributed by atoms with Gasteiger partial charge in [0, 0.05) is 17.1 Å². The summed E-state index contributed by atoms with van der Waals surface area (Å²) in [7, 11) is 0. The van der Waals surface area contributed by atoms with E-state index >= 15 is 0 Å². The Kier molecular flexibility index (Phi) is 5.89. The first-order valence-electron chi connectivity index (χ1n) is 6.74. The molecule has 6 nitrogen and oxygen atoms in total. The monoisotopic (exact) mass is 352 g/mol. The molecule has 0 aliphatic carbocycles. The molecule has 1 aromatic heterocycles. The van der Waals surface area contributed by atoms with E-state index in [9.17, 15) is 4.79 Å². The van der Waals surface area contributed by atoms with E-state index < -0.39 is 0 Å². The van der Waals surface area contributed by atoms with E-state index in [0.717, 1.165) is 28.6 Å². The molecule has 0 spiro atoms. The Labute approximate surface area is 131 Å². The van der Waals surface area contributed by atoms with E-state index in [1.54, 1.807) is 10.2 Å². The number of carbonyl (C=O) groups excluding carboxylic acids is 1. The minimum atomic E-state index is -0.353. The molecule has 2 rings (SSSR count). The average molecular weight is 353 g/mol. The van der Waals surface area contributed by atoms with Gasteiger partial charge in [-0.25, -0.2) is 10.2 Å². The molecule has 0 aliphatic rings. The van der Waals surface area contributed by atoms with Gasteiger partial charge in [-0.1, -0.05) is 33.3 Å². The highest BCUT2D eigenvalue weighted by Crippen LogP contribution is 2.12. The first kappa shape index (κ1) is 15.7. The number of aryl methyl sites for hydroxylation is 1. The van der Waals surface area contributed by atoms with Crippen molar-refractivity contribution in [3.8, 4) is 0 Å². The second-order valence-electron chi connectivity index (χ2n) is 4.78. The third-order valence-corrected chi connectivity index (χ3v) is 3.52. The number of benzene rings is 1. The molecule has 0 unspecified atom stereocenters. The Balaban J connectivity index is 1.80. The van der Waals surface area contributed by atoms with E-state index in [0.29, 0.717) is 19.4 Å². The summed E-state index contributed by atoms with van der Waals surface area (Å²) < 4.78 is 2.85. The van der Waals surface area contributed by atoms with Crippen molar-refractivity contribution in [2.75, 3.05) is 0 Å². The van der Waals surface area contributed by atoms with Crippen molar-refractivity contribution in [3.63, 3.8) is 0 Å². The van der Waals surface area contributed by atoms with Crippen LogP contribution in [0.2, 0.25) is 0 Å². The Morgan fingerprint density at radius 3 is 3.00 bits per heavy atom. The lowest BCUT2D eigenvalue weighted by Gasteiger charge is -2.01. The molecule has 1 aromatic carbocycles. The standard InChI is InChI=1S/C14H17BrN4O2/c15-12-5-3-4-11(8-12)9-19-10-13(16-18-19)6-1-2-7-14(20)17-21/h3-5,8,10,21H,1-2,6-7,9H2,(H,17,20). The van der Waals surface area contributed by atoms with Gasteiger partial charge in [-0.15, -0.1) is 5.10 Å². The Bertz CT molecular complexity index is 600. The molecule has 1 heterocycles. The lowest BCUT2D eigenvalue weighted by atomic mass is 10.1. The predicted molar refractivity (Wildman–Crippen MR) is 80.8 cm³/mol. The fourth-order valence-corrected chi connectivity index (χ4v) is 2.45. The second-order valence-corrected chi connectivity index (χ2v) is 5.70. The maximum atomic E-state index is 10.9. The van der Waals surface area contributed by atoms with E-state index in [-0.39, 0.29) is 5.91 Å². The van der Waals surface area contributed by atoms with Crippen LogP contribution in [0.25, 0.3) is 0 Å². The molecule has 0 atom stereocenters. The molecule has 112 valence electrons. The van der Waals surface area contributed by atoms with Crippen molar-refractivity contribution < 1.29 is 10.0 Å². The summed E-state index contributed by atoms with van der Waals surface area (Å²) in [5.74, 6) is -0.353. The fourth-order valence-electron chi connectivity index (χ4n) is 2.00. The summed E-state index contributed by atoms with van der Waals surface area (Å²) in [6, 6.07) is 8.07. The highest BCUT2D eigenvalue weighted by molar-refractivity contribution is 9.10. The fraction of sp³-hybridized carbons (Fsp3) is 0.357. The Morgan fingerprint density at radius 2 is 2.24 bits per heavy atom. The van der Waals surface area contributed by atoms with Crippen LogP contribution >= 0.6 is 15.9 Å². The Hall–Kier alpha value is -1.73. The van der Waals surface area contributed by atoms with Crippen LogP contribution in [0, 0.1) is 0 Å². The number of unbranched alkanes of at least 4 members (excludes halogenated alkanes) is 1. The minimum Gasteiger partial charge on any atom is -0.289 e. The molecule has 0 fully saturated rings. The molecule has 1 amide bonds. The van der Waals surface area contributed by atoms with Gasteiger partial charge in [-0.2, -0.15) is 0 Å². The first-order chi connectivity index (χ1) is 10.2.